The van der Waals surface area contributed by atoms with Crippen molar-refractivity contribution in [1.29, 1.82) is 0 Å². The van der Waals surface area contributed by atoms with Crippen molar-refractivity contribution in [3.8, 4) is 0 Å². The molecular weight excluding hydrogens is 234 g/mol. The molecule has 2 N–H and O–H groups in total. The summed E-state index contributed by atoms with van der Waals surface area (Å²) in [5, 5.41) is 7.50. The first-order chi connectivity index (χ1) is 8.11. The zero-order valence-electron chi connectivity index (χ0n) is 10.6. The lowest BCUT2D eigenvalue weighted by Gasteiger charge is -2.35. The Hall–Kier alpha value is -0.710. The second kappa shape index (κ2) is 5.29. The lowest BCUT2D eigenvalue weighted by atomic mass is 9.96. The predicted molar refractivity (Wildman–Crippen MR) is 72.4 cm³/mol. The van der Waals surface area contributed by atoms with Crippen LogP contribution in [0.1, 0.15) is 39.5 Å². The standard InChI is InChI=1S/C12H21N3OS/c1-3-12(2)6-7-17-11(15-12)13-8-9-4-5-10(16)14-9/h9H,3-8H2,1-2H3,(H,13,15)(H,14,16). The highest BCUT2D eigenvalue weighted by molar-refractivity contribution is 8.13. The van der Waals surface area contributed by atoms with Crippen molar-refractivity contribution in [3.05, 3.63) is 0 Å². The second-order valence-corrected chi connectivity index (χ2v) is 6.17. The number of carbonyl (C=O) groups is 1. The van der Waals surface area contributed by atoms with E-state index in [-0.39, 0.29) is 17.5 Å². The molecule has 0 radical (unpaired) electrons. The summed E-state index contributed by atoms with van der Waals surface area (Å²) < 4.78 is 0. The summed E-state index contributed by atoms with van der Waals surface area (Å²) in [4.78, 5) is 15.7. The van der Waals surface area contributed by atoms with Gasteiger partial charge in [-0.2, -0.15) is 0 Å². The molecule has 2 atom stereocenters. The molecule has 0 aromatic carbocycles. The van der Waals surface area contributed by atoms with Crippen LogP contribution in [0.2, 0.25) is 0 Å². The average Bonchev–Trinajstić information content (AvgIpc) is 2.73. The van der Waals surface area contributed by atoms with Crippen LogP contribution in [0.25, 0.3) is 0 Å². The van der Waals surface area contributed by atoms with E-state index in [1.165, 1.54) is 6.42 Å². The first-order valence-corrected chi connectivity index (χ1v) is 7.35. The molecule has 2 aliphatic rings. The maximum Gasteiger partial charge on any atom is 0.220 e. The Morgan fingerprint density at radius 2 is 2.41 bits per heavy atom. The molecule has 0 spiro atoms. The number of aliphatic imine (C=N–C) groups is 1. The molecule has 5 heteroatoms. The number of hydrogen-bond acceptors (Lipinski definition) is 3. The summed E-state index contributed by atoms with van der Waals surface area (Å²) in [7, 11) is 0. The van der Waals surface area contributed by atoms with Crippen molar-refractivity contribution in [2.45, 2.75) is 51.1 Å². The molecule has 0 saturated carbocycles. The lowest BCUT2D eigenvalue weighted by Crippen LogP contribution is -2.48. The molecule has 2 unspecified atom stereocenters. The number of thioether (sulfide) groups is 1. The van der Waals surface area contributed by atoms with Crippen molar-refractivity contribution < 1.29 is 4.79 Å². The molecule has 2 aliphatic heterocycles. The number of nitrogens with zero attached hydrogens (tertiary/aromatic N) is 1. The Labute approximate surface area is 107 Å². The molecule has 0 aromatic rings. The van der Waals surface area contributed by atoms with Crippen LogP contribution in [-0.2, 0) is 4.79 Å². The fourth-order valence-electron chi connectivity index (χ4n) is 2.09. The third-order valence-electron chi connectivity index (χ3n) is 3.62. The molecule has 96 valence electrons. The third-order valence-corrected chi connectivity index (χ3v) is 4.53. The van der Waals surface area contributed by atoms with Crippen LogP contribution in [0.3, 0.4) is 0 Å². The largest absolute Gasteiger partial charge is 0.360 e. The Balaban J connectivity index is 1.86. The topological polar surface area (TPSA) is 53.5 Å². The summed E-state index contributed by atoms with van der Waals surface area (Å²) in [5.74, 6) is 1.30. The molecule has 2 rings (SSSR count). The molecule has 2 heterocycles. The van der Waals surface area contributed by atoms with Gasteiger partial charge in [-0.25, -0.2) is 0 Å². The number of carbonyl (C=O) groups excluding carboxylic acids is 1. The molecular formula is C12H21N3OS. The van der Waals surface area contributed by atoms with Crippen molar-refractivity contribution in [3.63, 3.8) is 0 Å². The third kappa shape index (κ3) is 3.37. The van der Waals surface area contributed by atoms with Gasteiger partial charge in [-0.15, -0.1) is 0 Å². The van der Waals surface area contributed by atoms with E-state index < -0.39 is 0 Å². The minimum atomic E-state index is 0.165. The van der Waals surface area contributed by atoms with Crippen LogP contribution in [0.5, 0.6) is 0 Å². The van der Waals surface area contributed by atoms with Gasteiger partial charge in [0.05, 0.1) is 6.54 Å². The van der Waals surface area contributed by atoms with Crippen molar-refractivity contribution >= 4 is 22.8 Å². The lowest BCUT2D eigenvalue weighted by molar-refractivity contribution is -0.119. The summed E-state index contributed by atoms with van der Waals surface area (Å²) in [5.41, 5.74) is 0.197. The molecule has 17 heavy (non-hydrogen) atoms. The van der Waals surface area contributed by atoms with E-state index in [9.17, 15) is 4.79 Å². The van der Waals surface area contributed by atoms with Crippen molar-refractivity contribution in [1.82, 2.24) is 10.6 Å². The van der Waals surface area contributed by atoms with E-state index in [1.54, 1.807) is 11.8 Å². The number of amidine groups is 1. The SMILES string of the molecule is CCC1(C)CCSC(=NCC2CCC(=O)N2)N1. The van der Waals surface area contributed by atoms with Gasteiger partial charge in [0, 0.05) is 23.8 Å². The maximum atomic E-state index is 11.1. The van der Waals surface area contributed by atoms with Gasteiger partial charge in [-0.1, -0.05) is 18.7 Å². The van der Waals surface area contributed by atoms with Gasteiger partial charge >= 0.3 is 0 Å². The Bertz CT molecular complexity index is 332. The van der Waals surface area contributed by atoms with Crippen LogP contribution in [0.15, 0.2) is 4.99 Å². The minimum absolute atomic E-state index is 0.165. The van der Waals surface area contributed by atoms with E-state index in [4.69, 9.17) is 0 Å². The normalized spacial score (nSPS) is 35.8. The second-order valence-electron chi connectivity index (χ2n) is 5.09. The zero-order chi connectivity index (χ0) is 12.3. The van der Waals surface area contributed by atoms with Crippen LogP contribution in [-0.4, -0.2) is 35.0 Å². The Kier molecular flexibility index (Phi) is 3.97. The number of amides is 1. The molecule has 0 aromatic heterocycles. The molecule has 4 nitrogen and oxygen atoms in total. The highest BCUT2D eigenvalue weighted by atomic mass is 32.2. The Morgan fingerprint density at radius 1 is 1.59 bits per heavy atom. The molecule has 1 amide bonds. The molecule has 0 bridgehead atoms. The van der Waals surface area contributed by atoms with E-state index in [1.807, 2.05) is 0 Å². The average molecular weight is 255 g/mol. The van der Waals surface area contributed by atoms with E-state index >= 15 is 0 Å². The maximum absolute atomic E-state index is 11.1. The van der Waals surface area contributed by atoms with Gasteiger partial charge < -0.3 is 10.6 Å². The summed E-state index contributed by atoms with van der Waals surface area (Å²) in [6.45, 7) is 5.16. The minimum Gasteiger partial charge on any atom is -0.360 e. The quantitative estimate of drug-likeness (QED) is 0.804. The molecule has 0 aliphatic carbocycles. The first-order valence-electron chi connectivity index (χ1n) is 6.36. The fraction of sp³-hybridized carbons (Fsp3) is 0.833. The van der Waals surface area contributed by atoms with Gasteiger partial charge in [0.15, 0.2) is 5.17 Å². The number of nitrogens with one attached hydrogen (secondary N) is 2. The van der Waals surface area contributed by atoms with Gasteiger partial charge in [-0.05, 0) is 26.2 Å². The van der Waals surface area contributed by atoms with Gasteiger partial charge in [0.25, 0.3) is 0 Å². The van der Waals surface area contributed by atoms with Gasteiger partial charge in [0.2, 0.25) is 5.91 Å². The first kappa shape index (κ1) is 12.7. The van der Waals surface area contributed by atoms with Crippen molar-refractivity contribution in [2.75, 3.05) is 12.3 Å². The summed E-state index contributed by atoms with van der Waals surface area (Å²) in [6, 6.07) is 0.243. The van der Waals surface area contributed by atoms with E-state index in [0.717, 1.165) is 23.8 Å². The highest BCUT2D eigenvalue weighted by Gasteiger charge is 2.28. The van der Waals surface area contributed by atoms with Crippen LogP contribution < -0.4 is 10.6 Å². The fourth-order valence-corrected chi connectivity index (χ4v) is 3.32. The number of hydrogen-bond donors (Lipinski definition) is 2. The predicted octanol–water partition coefficient (Wildman–Crippen LogP) is 1.52. The molecule has 2 fully saturated rings. The number of rotatable bonds is 3. The van der Waals surface area contributed by atoms with Crippen molar-refractivity contribution in [2.24, 2.45) is 4.99 Å². The Morgan fingerprint density at radius 3 is 3.06 bits per heavy atom. The van der Waals surface area contributed by atoms with Crippen LogP contribution in [0.4, 0.5) is 0 Å². The summed E-state index contributed by atoms with van der Waals surface area (Å²) in [6.07, 6.45) is 3.88. The monoisotopic (exact) mass is 255 g/mol. The van der Waals surface area contributed by atoms with E-state index in [0.29, 0.717) is 13.0 Å². The van der Waals surface area contributed by atoms with E-state index in [2.05, 4.69) is 29.5 Å². The van der Waals surface area contributed by atoms with Gasteiger partial charge in [0.1, 0.15) is 0 Å². The van der Waals surface area contributed by atoms with Crippen LogP contribution >= 0.6 is 11.8 Å². The summed E-state index contributed by atoms with van der Waals surface area (Å²) >= 11 is 1.79. The highest BCUT2D eigenvalue weighted by Crippen LogP contribution is 2.24. The zero-order valence-corrected chi connectivity index (χ0v) is 11.4. The molecule has 2 saturated heterocycles. The van der Waals surface area contributed by atoms with Gasteiger partial charge in [-0.3, -0.25) is 9.79 Å². The van der Waals surface area contributed by atoms with Crippen LogP contribution in [0, 0.1) is 0 Å². The smallest absolute Gasteiger partial charge is 0.220 e.